The molecule has 0 bridgehead atoms. The minimum Gasteiger partial charge on any atom is -0.264 e. The van der Waals surface area contributed by atoms with Crippen LogP contribution in [0.4, 0.5) is 0 Å². The first-order valence-corrected chi connectivity index (χ1v) is 12.0. The van der Waals surface area contributed by atoms with E-state index in [4.69, 9.17) is 9.97 Å². The van der Waals surface area contributed by atoms with Gasteiger partial charge >= 0.3 is 0 Å². The van der Waals surface area contributed by atoms with Crippen molar-refractivity contribution in [3.8, 4) is 33.6 Å². The van der Waals surface area contributed by atoms with Crippen molar-refractivity contribution < 1.29 is 0 Å². The second-order valence-corrected chi connectivity index (χ2v) is 8.98. The van der Waals surface area contributed by atoms with E-state index < -0.39 is 0 Å². The molecule has 7 aromatic rings. The molecule has 0 aliphatic heterocycles. The van der Waals surface area contributed by atoms with Crippen molar-refractivity contribution in [2.24, 2.45) is 0 Å². The van der Waals surface area contributed by atoms with Crippen molar-refractivity contribution in [1.29, 1.82) is 0 Å². The van der Waals surface area contributed by atoms with E-state index >= 15 is 0 Å². The molecule has 7 rings (SSSR count). The molecule has 3 nitrogen and oxygen atoms in total. The minimum absolute atomic E-state index is 0.927. The van der Waals surface area contributed by atoms with E-state index in [0.29, 0.717) is 0 Å². The molecule has 0 spiro atoms. The fraction of sp³-hybridized carbons (Fsp3) is 0. The Labute approximate surface area is 208 Å². The number of aromatic nitrogens is 3. The van der Waals surface area contributed by atoms with Gasteiger partial charge < -0.3 is 0 Å². The number of fused-ring (bicyclic) bond motifs is 3. The highest BCUT2D eigenvalue weighted by Crippen LogP contribution is 2.31. The number of pyridine rings is 3. The second kappa shape index (κ2) is 8.40. The minimum atomic E-state index is 0.927. The quantitative estimate of drug-likeness (QED) is 0.267. The van der Waals surface area contributed by atoms with Gasteiger partial charge in [-0.15, -0.1) is 0 Å². The lowest BCUT2D eigenvalue weighted by Gasteiger charge is -2.09. The second-order valence-electron chi connectivity index (χ2n) is 8.98. The molecule has 0 saturated carbocycles. The summed E-state index contributed by atoms with van der Waals surface area (Å²) >= 11 is 0. The van der Waals surface area contributed by atoms with Crippen molar-refractivity contribution in [2.75, 3.05) is 0 Å². The standard InChI is InChI=1S/C33H21N3/c1-2-8-28-22(5-1)6-3-9-29(28)32-17-14-26-19-24(13-16-30(26)35-32)25-11-10-23-12-15-31(36-33(23)20-25)27-7-4-18-34-21-27/h1-21H. The fourth-order valence-corrected chi connectivity index (χ4v) is 4.88. The molecule has 3 aromatic heterocycles. The van der Waals surface area contributed by atoms with Gasteiger partial charge in [-0.25, -0.2) is 9.97 Å². The summed E-state index contributed by atoms with van der Waals surface area (Å²) in [5, 5.41) is 4.68. The summed E-state index contributed by atoms with van der Waals surface area (Å²) in [6.45, 7) is 0. The molecule has 0 aliphatic carbocycles. The summed E-state index contributed by atoms with van der Waals surface area (Å²) in [6.07, 6.45) is 3.63. The van der Waals surface area contributed by atoms with Gasteiger partial charge in [0.1, 0.15) is 0 Å². The maximum absolute atomic E-state index is 5.01. The van der Waals surface area contributed by atoms with Crippen LogP contribution < -0.4 is 0 Å². The average Bonchev–Trinajstić information content (AvgIpc) is 2.96. The van der Waals surface area contributed by atoms with Crippen molar-refractivity contribution in [3.63, 3.8) is 0 Å². The third-order valence-electron chi connectivity index (χ3n) is 6.74. The van der Waals surface area contributed by atoms with Crippen LogP contribution >= 0.6 is 0 Å². The lowest BCUT2D eigenvalue weighted by atomic mass is 9.99. The number of nitrogens with zero attached hydrogens (tertiary/aromatic N) is 3. The van der Waals surface area contributed by atoms with E-state index in [9.17, 15) is 0 Å². The van der Waals surface area contributed by atoms with Gasteiger partial charge in [-0.3, -0.25) is 4.98 Å². The third kappa shape index (κ3) is 3.58. The molecule has 0 saturated heterocycles. The summed E-state index contributed by atoms with van der Waals surface area (Å²) in [5.74, 6) is 0. The lowest BCUT2D eigenvalue weighted by Crippen LogP contribution is -1.89. The molecule has 36 heavy (non-hydrogen) atoms. The molecule has 168 valence electrons. The average molecular weight is 460 g/mol. The van der Waals surface area contributed by atoms with Gasteiger partial charge in [0.25, 0.3) is 0 Å². The Morgan fingerprint density at radius 3 is 2.17 bits per heavy atom. The molecule has 4 aromatic carbocycles. The predicted molar refractivity (Wildman–Crippen MR) is 149 cm³/mol. The normalized spacial score (nSPS) is 11.3. The van der Waals surface area contributed by atoms with Crippen LogP contribution in [-0.4, -0.2) is 15.0 Å². The van der Waals surface area contributed by atoms with Gasteiger partial charge in [-0.1, -0.05) is 72.8 Å². The van der Waals surface area contributed by atoms with E-state index in [1.165, 1.54) is 10.8 Å². The zero-order chi connectivity index (χ0) is 23.9. The molecule has 0 aliphatic rings. The largest absolute Gasteiger partial charge is 0.264 e. The summed E-state index contributed by atoms with van der Waals surface area (Å²) in [4.78, 5) is 14.1. The van der Waals surface area contributed by atoms with Gasteiger partial charge in [0.05, 0.1) is 22.4 Å². The first kappa shape index (κ1) is 20.5. The molecule has 0 atom stereocenters. The van der Waals surface area contributed by atoms with Crippen LogP contribution in [0, 0.1) is 0 Å². The number of rotatable bonds is 3. The topological polar surface area (TPSA) is 38.7 Å². The molecule has 0 radical (unpaired) electrons. The third-order valence-corrected chi connectivity index (χ3v) is 6.74. The predicted octanol–water partition coefficient (Wildman–Crippen LogP) is 8.33. The summed E-state index contributed by atoms with van der Waals surface area (Å²) < 4.78 is 0. The van der Waals surface area contributed by atoms with Gasteiger partial charge in [0, 0.05) is 34.3 Å². The van der Waals surface area contributed by atoms with Crippen molar-refractivity contribution in [1.82, 2.24) is 15.0 Å². The highest BCUT2D eigenvalue weighted by atomic mass is 14.7. The molecule has 0 fully saturated rings. The Kier molecular flexibility index (Phi) is 4.78. The Morgan fingerprint density at radius 1 is 0.444 bits per heavy atom. The summed E-state index contributed by atoms with van der Waals surface area (Å²) in [5.41, 5.74) is 8.34. The Morgan fingerprint density at radius 2 is 1.22 bits per heavy atom. The molecular weight excluding hydrogens is 438 g/mol. The monoisotopic (exact) mass is 459 g/mol. The first-order chi connectivity index (χ1) is 17.8. The van der Waals surface area contributed by atoms with Crippen LogP contribution in [0.1, 0.15) is 0 Å². The maximum Gasteiger partial charge on any atom is 0.0725 e. The highest BCUT2D eigenvalue weighted by Gasteiger charge is 2.08. The first-order valence-electron chi connectivity index (χ1n) is 12.0. The van der Waals surface area contributed by atoms with Crippen LogP contribution in [0.15, 0.2) is 128 Å². The molecule has 0 N–H and O–H groups in total. The number of benzene rings is 4. The Hall–Kier alpha value is -4.89. The number of hydrogen-bond donors (Lipinski definition) is 0. The molecule has 0 amide bonds. The van der Waals surface area contributed by atoms with Crippen molar-refractivity contribution in [3.05, 3.63) is 128 Å². The van der Waals surface area contributed by atoms with Gasteiger partial charge in [-0.2, -0.15) is 0 Å². The van der Waals surface area contributed by atoms with Crippen LogP contribution in [0.3, 0.4) is 0 Å². The molecule has 0 unspecified atom stereocenters. The van der Waals surface area contributed by atoms with Crippen LogP contribution in [0.25, 0.3) is 66.2 Å². The van der Waals surface area contributed by atoms with Crippen LogP contribution in [0.2, 0.25) is 0 Å². The number of hydrogen-bond acceptors (Lipinski definition) is 3. The molecule has 3 heteroatoms. The summed E-state index contributed by atoms with van der Waals surface area (Å²) in [7, 11) is 0. The van der Waals surface area contributed by atoms with Gasteiger partial charge in [0.15, 0.2) is 0 Å². The zero-order valence-corrected chi connectivity index (χ0v) is 19.5. The van der Waals surface area contributed by atoms with Gasteiger partial charge in [0.2, 0.25) is 0 Å². The van der Waals surface area contributed by atoms with E-state index in [-0.39, 0.29) is 0 Å². The maximum atomic E-state index is 5.01. The molecule has 3 heterocycles. The SMILES string of the molecule is c1cncc(-c2ccc3ccc(-c4ccc5nc(-c6cccc7ccccc67)ccc5c4)cc3n2)c1. The highest BCUT2D eigenvalue weighted by molar-refractivity contribution is 5.97. The van der Waals surface area contributed by atoms with E-state index in [1.54, 1.807) is 6.20 Å². The lowest BCUT2D eigenvalue weighted by molar-refractivity contribution is 1.30. The molecular formula is C33H21N3. The fourth-order valence-electron chi connectivity index (χ4n) is 4.88. The van der Waals surface area contributed by atoms with Crippen molar-refractivity contribution >= 4 is 32.6 Å². The summed E-state index contributed by atoms with van der Waals surface area (Å²) in [6, 6.07) is 40.2. The zero-order valence-electron chi connectivity index (χ0n) is 19.5. The Bertz CT molecular complexity index is 1890. The van der Waals surface area contributed by atoms with Crippen LogP contribution in [0.5, 0.6) is 0 Å². The van der Waals surface area contributed by atoms with E-state index in [2.05, 4.69) is 102 Å². The Balaban J connectivity index is 1.28. The van der Waals surface area contributed by atoms with E-state index in [0.717, 1.165) is 55.4 Å². The van der Waals surface area contributed by atoms with Crippen molar-refractivity contribution in [2.45, 2.75) is 0 Å². The van der Waals surface area contributed by atoms with E-state index in [1.807, 2.05) is 24.4 Å². The van der Waals surface area contributed by atoms with Crippen LogP contribution in [-0.2, 0) is 0 Å². The van der Waals surface area contributed by atoms with Gasteiger partial charge in [-0.05, 0) is 64.4 Å². The smallest absolute Gasteiger partial charge is 0.0725 e.